The first-order valence-corrected chi connectivity index (χ1v) is 8.81. The number of nitrogens with zero attached hydrogens (tertiary/aromatic N) is 4. The number of aryl methyl sites for hydroxylation is 1. The van der Waals surface area contributed by atoms with Gasteiger partial charge in [0.25, 0.3) is 5.56 Å². The van der Waals surface area contributed by atoms with Gasteiger partial charge in [-0.15, -0.1) is 0 Å². The second-order valence-electron chi connectivity index (χ2n) is 6.85. The number of hydrogen-bond donors (Lipinski definition) is 1. The number of rotatable bonds is 4. The Morgan fingerprint density at radius 1 is 1.33 bits per heavy atom. The minimum absolute atomic E-state index is 0.234. The van der Waals surface area contributed by atoms with Crippen LogP contribution in [0.1, 0.15) is 60.9 Å². The normalized spacial score (nSPS) is 16.0. The van der Waals surface area contributed by atoms with E-state index in [-0.39, 0.29) is 11.5 Å². The zero-order valence-corrected chi connectivity index (χ0v) is 14.8. The second-order valence-corrected chi connectivity index (χ2v) is 6.85. The van der Waals surface area contributed by atoms with Crippen molar-refractivity contribution in [1.82, 2.24) is 24.7 Å². The summed E-state index contributed by atoms with van der Waals surface area (Å²) >= 11 is 0. The number of alkyl halides is 3. The molecule has 3 aromatic rings. The number of aromatic nitrogens is 5. The molecule has 0 bridgehead atoms. The van der Waals surface area contributed by atoms with Gasteiger partial charge in [-0.2, -0.15) is 18.3 Å². The van der Waals surface area contributed by atoms with Gasteiger partial charge in [-0.3, -0.25) is 9.78 Å². The summed E-state index contributed by atoms with van der Waals surface area (Å²) in [4.78, 5) is 23.7. The fourth-order valence-electron chi connectivity index (χ4n) is 3.32. The molecule has 3 heterocycles. The third kappa shape index (κ3) is 3.11. The standard InChI is InChI=1S/C18H18F3N5O/c1-3-13(12-7-6-11(8-22-12)18(19,20)21)26-16-14(15(25-26)10-4-5-10)17(27)24-9(2)23-16/h6-8,10,13H,3-5H2,1-2H3,(H,23,24,27)/t13-/m1/s1. The number of aromatic amines is 1. The van der Waals surface area contributed by atoms with Gasteiger partial charge < -0.3 is 4.98 Å². The lowest BCUT2D eigenvalue weighted by Crippen LogP contribution is -2.16. The van der Waals surface area contributed by atoms with Crippen molar-refractivity contribution in [3.05, 3.63) is 51.5 Å². The molecule has 0 aliphatic heterocycles. The zero-order chi connectivity index (χ0) is 19.3. The highest BCUT2D eigenvalue weighted by Crippen LogP contribution is 2.42. The van der Waals surface area contributed by atoms with E-state index in [0.717, 1.165) is 25.1 Å². The molecular weight excluding hydrogens is 359 g/mol. The van der Waals surface area contributed by atoms with Gasteiger partial charge in [0, 0.05) is 12.1 Å². The summed E-state index contributed by atoms with van der Waals surface area (Å²) in [7, 11) is 0. The van der Waals surface area contributed by atoms with E-state index in [0.29, 0.717) is 34.7 Å². The lowest BCUT2D eigenvalue weighted by molar-refractivity contribution is -0.137. The van der Waals surface area contributed by atoms with Crippen molar-refractivity contribution in [2.24, 2.45) is 0 Å². The van der Waals surface area contributed by atoms with Crippen LogP contribution in [0.3, 0.4) is 0 Å². The molecule has 27 heavy (non-hydrogen) atoms. The van der Waals surface area contributed by atoms with Gasteiger partial charge in [-0.05, 0) is 38.3 Å². The van der Waals surface area contributed by atoms with Crippen LogP contribution in [0.15, 0.2) is 23.1 Å². The maximum atomic E-state index is 12.8. The molecule has 0 unspecified atom stereocenters. The van der Waals surface area contributed by atoms with Crippen LogP contribution in [-0.2, 0) is 6.18 Å². The van der Waals surface area contributed by atoms with E-state index in [4.69, 9.17) is 0 Å². The fraction of sp³-hybridized carbons (Fsp3) is 0.444. The molecule has 1 fully saturated rings. The number of hydrogen-bond acceptors (Lipinski definition) is 4. The molecule has 6 nitrogen and oxygen atoms in total. The van der Waals surface area contributed by atoms with Crippen LogP contribution < -0.4 is 5.56 Å². The summed E-state index contributed by atoms with van der Waals surface area (Å²) in [6.45, 7) is 3.58. The molecule has 0 radical (unpaired) electrons. The molecule has 3 aromatic heterocycles. The third-order valence-electron chi connectivity index (χ3n) is 4.81. The Kier molecular flexibility index (Phi) is 4.05. The van der Waals surface area contributed by atoms with Crippen molar-refractivity contribution in [3.8, 4) is 0 Å². The summed E-state index contributed by atoms with van der Waals surface area (Å²) in [5.41, 5.74) is 0.587. The van der Waals surface area contributed by atoms with Crippen LogP contribution in [-0.4, -0.2) is 24.7 Å². The van der Waals surface area contributed by atoms with E-state index >= 15 is 0 Å². The number of halogens is 3. The SMILES string of the molecule is CC[C@H](c1ccc(C(F)(F)F)cn1)n1nc(C2CC2)c2c(=O)[nH]c(C)nc21. The lowest BCUT2D eigenvalue weighted by atomic mass is 10.1. The van der Waals surface area contributed by atoms with Crippen molar-refractivity contribution >= 4 is 11.0 Å². The molecule has 1 N–H and O–H groups in total. The first-order valence-electron chi connectivity index (χ1n) is 8.81. The van der Waals surface area contributed by atoms with Gasteiger partial charge in [0.05, 0.1) is 23.0 Å². The number of pyridine rings is 1. The van der Waals surface area contributed by atoms with Gasteiger partial charge in [0.2, 0.25) is 0 Å². The molecule has 1 atom stereocenters. The maximum absolute atomic E-state index is 12.8. The van der Waals surface area contributed by atoms with E-state index in [1.165, 1.54) is 6.07 Å². The van der Waals surface area contributed by atoms with Crippen LogP contribution in [0.5, 0.6) is 0 Å². The smallest absolute Gasteiger partial charge is 0.310 e. The predicted octanol–water partition coefficient (Wildman–Crippen LogP) is 3.72. The molecule has 0 saturated heterocycles. The number of fused-ring (bicyclic) bond motifs is 1. The highest BCUT2D eigenvalue weighted by atomic mass is 19.4. The van der Waals surface area contributed by atoms with E-state index < -0.39 is 17.8 Å². The van der Waals surface area contributed by atoms with E-state index in [1.807, 2.05) is 6.92 Å². The van der Waals surface area contributed by atoms with Gasteiger partial charge in [-0.1, -0.05) is 6.92 Å². The highest BCUT2D eigenvalue weighted by molar-refractivity contribution is 5.78. The molecule has 142 valence electrons. The minimum atomic E-state index is -4.43. The van der Waals surface area contributed by atoms with Crippen molar-refractivity contribution < 1.29 is 13.2 Å². The van der Waals surface area contributed by atoms with Crippen molar-refractivity contribution in [3.63, 3.8) is 0 Å². The molecule has 0 amide bonds. The molecule has 9 heteroatoms. The average Bonchev–Trinajstić information content (AvgIpc) is 3.38. The molecule has 1 aliphatic carbocycles. The average molecular weight is 377 g/mol. The minimum Gasteiger partial charge on any atom is -0.310 e. The third-order valence-corrected chi connectivity index (χ3v) is 4.81. The summed E-state index contributed by atoms with van der Waals surface area (Å²) in [5, 5.41) is 5.11. The summed E-state index contributed by atoms with van der Waals surface area (Å²) in [6, 6.07) is 1.97. The molecule has 0 spiro atoms. The Morgan fingerprint density at radius 2 is 2.07 bits per heavy atom. The monoisotopic (exact) mass is 377 g/mol. The van der Waals surface area contributed by atoms with Crippen LogP contribution in [0.4, 0.5) is 13.2 Å². The topological polar surface area (TPSA) is 76.5 Å². The van der Waals surface area contributed by atoms with Crippen molar-refractivity contribution in [2.75, 3.05) is 0 Å². The van der Waals surface area contributed by atoms with Gasteiger partial charge in [-0.25, -0.2) is 9.67 Å². The predicted molar refractivity (Wildman–Crippen MR) is 92.5 cm³/mol. The molecule has 4 rings (SSSR count). The van der Waals surface area contributed by atoms with Gasteiger partial charge in [0.1, 0.15) is 11.2 Å². The van der Waals surface area contributed by atoms with Crippen molar-refractivity contribution in [2.45, 2.75) is 51.2 Å². The van der Waals surface area contributed by atoms with Gasteiger partial charge >= 0.3 is 6.18 Å². The second kappa shape index (κ2) is 6.17. The van der Waals surface area contributed by atoms with Crippen LogP contribution in [0, 0.1) is 6.92 Å². The molecular formula is C18H18F3N5O. The number of nitrogens with one attached hydrogen (secondary N) is 1. The maximum Gasteiger partial charge on any atom is 0.417 e. The molecule has 0 aromatic carbocycles. The summed E-state index contributed by atoms with van der Waals surface area (Å²) < 4.78 is 40.1. The Bertz CT molecular complexity index is 1050. The Morgan fingerprint density at radius 3 is 2.63 bits per heavy atom. The Balaban J connectivity index is 1.85. The largest absolute Gasteiger partial charge is 0.417 e. The molecule has 1 saturated carbocycles. The zero-order valence-electron chi connectivity index (χ0n) is 14.8. The first-order chi connectivity index (χ1) is 12.8. The lowest BCUT2D eigenvalue weighted by Gasteiger charge is -2.16. The highest BCUT2D eigenvalue weighted by Gasteiger charge is 2.34. The number of H-pyrrole nitrogens is 1. The van der Waals surface area contributed by atoms with Crippen molar-refractivity contribution in [1.29, 1.82) is 0 Å². The molecule has 1 aliphatic rings. The van der Waals surface area contributed by atoms with E-state index in [2.05, 4.69) is 20.1 Å². The quantitative estimate of drug-likeness (QED) is 0.752. The fourth-order valence-corrected chi connectivity index (χ4v) is 3.32. The summed E-state index contributed by atoms with van der Waals surface area (Å²) in [5.74, 6) is 0.698. The first kappa shape index (κ1) is 17.7. The van der Waals surface area contributed by atoms with Crippen LogP contribution in [0.2, 0.25) is 0 Å². The summed E-state index contributed by atoms with van der Waals surface area (Å²) in [6.07, 6.45) is -1.12. The van der Waals surface area contributed by atoms with E-state index in [1.54, 1.807) is 11.6 Å². The van der Waals surface area contributed by atoms with Crippen LogP contribution >= 0.6 is 0 Å². The van der Waals surface area contributed by atoms with Crippen LogP contribution in [0.25, 0.3) is 11.0 Å². The Hall–Kier alpha value is -2.71. The Labute approximate surface area is 152 Å². The van der Waals surface area contributed by atoms with E-state index in [9.17, 15) is 18.0 Å². The van der Waals surface area contributed by atoms with Gasteiger partial charge in [0.15, 0.2) is 5.65 Å².